The maximum Gasteiger partial charge on any atom is 0.300 e. The molecule has 0 aliphatic carbocycles. The van der Waals surface area contributed by atoms with Crippen LogP contribution in [0.1, 0.15) is 47.1 Å². The summed E-state index contributed by atoms with van der Waals surface area (Å²) in [6, 6.07) is 17.3. The van der Waals surface area contributed by atoms with Crippen LogP contribution in [0.5, 0.6) is 11.6 Å². The van der Waals surface area contributed by atoms with Crippen molar-refractivity contribution in [2.75, 3.05) is 10.6 Å². The van der Waals surface area contributed by atoms with E-state index in [-0.39, 0.29) is 17.3 Å². The maximum atomic E-state index is 12.5. The fraction of sp³-hybridized carbons (Fsp3) is 0.296. The fourth-order valence-electron chi connectivity index (χ4n) is 3.37. The number of fused-ring (bicyclic) bond motifs is 1. The van der Waals surface area contributed by atoms with E-state index in [1.54, 1.807) is 18.3 Å². The second-order valence-corrected chi connectivity index (χ2v) is 10.2. The Kier molecular flexibility index (Phi) is 6.04. The average molecular weight is 459 g/mol. The Hall–Kier alpha value is -3.87. The molecule has 0 aliphatic rings. The van der Waals surface area contributed by atoms with Crippen molar-refractivity contribution in [2.45, 2.75) is 47.0 Å². The molecule has 7 heteroatoms. The van der Waals surface area contributed by atoms with Gasteiger partial charge in [-0.1, -0.05) is 65.8 Å². The molecule has 2 aromatic heterocycles. The molecular weight excluding hydrogens is 428 g/mol. The van der Waals surface area contributed by atoms with Crippen LogP contribution in [0.15, 0.2) is 65.2 Å². The van der Waals surface area contributed by atoms with Crippen LogP contribution in [0.25, 0.3) is 11.1 Å². The number of para-hydroxylation sites is 2. The Balaban J connectivity index is 1.63. The van der Waals surface area contributed by atoms with Gasteiger partial charge in [-0.05, 0) is 35.7 Å². The summed E-state index contributed by atoms with van der Waals surface area (Å²) >= 11 is 0. The van der Waals surface area contributed by atoms with Gasteiger partial charge in [0.15, 0.2) is 5.58 Å². The molecular formula is C27H30N4O3. The predicted octanol–water partition coefficient (Wildman–Crippen LogP) is 7.04. The quantitative estimate of drug-likeness (QED) is 0.333. The molecule has 0 aliphatic heterocycles. The number of aromatic nitrogens is 2. The van der Waals surface area contributed by atoms with E-state index in [1.165, 1.54) is 0 Å². The van der Waals surface area contributed by atoms with E-state index in [2.05, 4.69) is 47.4 Å². The highest BCUT2D eigenvalue weighted by Crippen LogP contribution is 2.37. The van der Waals surface area contributed by atoms with Crippen molar-refractivity contribution in [1.82, 2.24) is 9.97 Å². The number of hydrogen-bond acceptors (Lipinski definition) is 6. The van der Waals surface area contributed by atoms with Crippen LogP contribution >= 0.6 is 0 Å². The van der Waals surface area contributed by atoms with E-state index in [0.29, 0.717) is 28.4 Å². The molecule has 0 saturated heterocycles. The number of anilines is 3. The number of benzene rings is 2. The number of rotatable bonds is 5. The molecule has 2 N–H and O–H groups in total. The summed E-state index contributed by atoms with van der Waals surface area (Å²) in [4.78, 5) is 21.5. The molecule has 0 bridgehead atoms. The molecule has 7 nitrogen and oxygen atoms in total. The Labute approximate surface area is 199 Å². The Morgan fingerprint density at radius 3 is 2.38 bits per heavy atom. The lowest BCUT2D eigenvalue weighted by atomic mass is 9.86. The molecule has 1 amide bonds. The largest absolute Gasteiger partial charge is 0.437 e. The molecule has 0 saturated carbocycles. The number of pyridine rings is 1. The van der Waals surface area contributed by atoms with E-state index >= 15 is 0 Å². The molecule has 4 rings (SSSR count). The highest BCUT2D eigenvalue weighted by molar-refractivity contribution is 6.01. The van der Waals surface area contributed by atoms with E-state index < -0.39 is 5.41 Å². The van der Waals surface area contributed by atoms with Gasteiger partial charge >= 0.3 is 0 Å². The Morgan fingerprint density at radius 1 is 0.912 bits per heavy atom. The van der Waals surface area contributed by atoms with Crippen molar-refractivity contribution in [3.05, 3.63) is 66.4 Å². The normalized spacial score (nSPS) is 11.9. The van der Waals surface area contributed by atoms with Crippen LogP contribution in [0, 0.1) is 5.41 Å². The van der Waals surface area contributed by atoms with Crippen molar-refractivity contribution in [1.29, 1.82) is 0 Å². The zero-order chi connectivity index (χ0) is 24.5. The summed E-state index contributed by atoms with van der Waals surface area (Å²) in [5.41, 5.74) is 2.78. The van der Waals surface area contributed by atoms with Crippen LogP contribution in [-0.4, -0.2) is 15.9 Å². The lowest BCUT2D eigenvalue weighted by molar-refractivity contribution is -0.123. The number of amides is 1. The molecule has 4 aromatic rings. The first-order chi connectivity index (χ1) is 16.0. The van der Waals surface area contributed by atoms with Crippen LogP contribution in [-0.2, 0) is 10.2 Å². The lowest BCUT2D eigenvalue weighted by Crippen LogP contribution is -2.27. The van der Waals surface area contributed by atoms with Gasteiger partial charge in [-0.25, -0.2) is 4.98 Å². The van der Waals surface area contributed by atoms with Gasteiger partial charge in [0.25, 0.3) is 6.01 Å². The number of hydrogen-bond donors (Lipinski definition) is 2. The number of ether oxygens (including phenoxy) is 1. The second kappa shape index (κ2) is 8.82. The van der Waals surface area contributed by atoms with Gasteiger partial charge in [0.1, 0.15) is 17.0 Å². The minimum absolute atomic E-state index is 0.0901. The van der Waals surface area contributed by atoms with E-state index in [9.17, 15) is 4.79 Å². The monoisotopic (exact) mass is 458 g/mol. The molecule has 0 fully saturated rings. The summed E-state index contributed by atoms with van der Waals surface area (Å²) in [6.07, 6.45) is 1.67. The molecule has 2 aromatic carbocycles. The standard InChI is InChI=1S/C27H30N4O3/c1-26(2,3)17-11-7-8-14-20(17)33-23-19(13-10-16-28-23)30-25-31-22-18(12-9-15-21(22)34-25)29-24(32)27(4,5)6/h7-16H,1-6H3,(H,29,32)(H,30,31). The molecule has 0 atom stereocenters. The summed E-state index contributed by atoms with van der Waals surface area (Å²) in [6.45, 7) is 12.0. The minimum atomic E-state index is -0.529. The third-order valence-corrected chi connectivity index (χ3v) is 5.26. The zero-order valence-electron chi connectivity index (χ0n) is 20.4. The highest BCUT2D eigenvalue weighted by atomic mass is 16.5. The topological polar surface area (TPSA) is 89.3 Å². The van der Waals surface area contributed by atoms with Crippen LogP contribution in [0.4, 0.5) is 17.4 Å². The lowest BCUT2D eigenvalue weighted by Gasteiger charge is -2.22. The van der Waals surface area contributed by atoms with Crippen molar-refractivity contribution in [3.63, 3.8) is 0 Å². The highest BCUT2D eigenvalue weighted by Gasteiger charge is 2.23. The minimum Gasteiger partial charge on any atom is -0.437 e. The van der Waals surface area contributed by atoms with Gasteiger partial charge in [0, 0.05) is 17.2 Å². The third-order valence-electron chi connectivity index (χ3n) is 5.26. The molecule has 2 heterocycles. The molecule has 0 radical (unpaired) electrons. The first kappa shape index (κ1) is 23.3. The second-order valence-electron chi connectivity index (χ2n) is 10.2. The van der Waals surface area contributed by atoms with Crippen molar-refractivity contribution in [3.8, 4) is 11.6 Å². The fourth-order valence-corrected chi connectivity index (χ4v) is 3.37. The summed E-state index contributed by atoms with van der Waals surface area (Å²) in [7, 11) is 0. The van der Waals surface area contributed by atoms with Crippen molar-refractivity contribution < 1.29 is 13.9 Å². The summed E-state index contributed by atoms with van der Waals surface area (Å²) in [5, 5.41) is 6.11. The average Bonchev–Trinajstić information content (AvgIpc) is 3.18. The van der Waals surface area contributed by atoms with Crippen LogP contribution in [0.3, 0.4) is 0 Å². The number of carbonyl (C=O) groups is 1. The third kappa shape index (κ3) is 5.03. The first-order valence-electron chi connectivity index (χ1n) is 11.2. The van der Waals surface area contributed by atoms with E-state index in [4.69, 9.17) is 9.15 Å². The molecule has 176 valence electrons. The molecule has 0 spiro atoms. The van der Waals surface area contributed by atoms with E-state index in [0.717, 1.165) is 11.3 Å². The summed E-state index contributed by atoms with van der Waals surface area (Å²) in [5.74, 6) is 1.04. The zero-order valence-corrected chi connectivity index (χ0v) is 20.4. The number of oxazole rings is 1. The van der Waals surface area contributed by atoms with Crippen LogP contribution < -0.4 is 15.4 Å². The Morgan fingerprint density at radius 2 is 1.65 bits per heavy atom. The van der Waals surface area contributed by atoms with Crippen molar-refractivity contribution >= 4 is 34.4 Å². The number of nitrogens with zero attached hydrogens (tertiary/aromatic N) is 2. The SMILES string of the molecule is CC(C)(C)C(=O)Nc1cccc2oc(Nc3cccnc3Oc3ccccc3C(C)(C)C)nc12. The number of carbonyl (C=O) groups excluding carboxylic acids is 1. The van der Waals surface area contributed by atoms with Gasteiger partial charge in [-0.15, -0.1) is 0 Å². The first-order valence-corrected chi connectivity index (χ1v) is 11.2. The molecule has 34 heavy (non-hydrogen) atoms. The van der Waals surface area contributed by atoms with Crippen molar-refractivity contribution in [2.24, 2.45) is 5.41 Å². The van der Waals surface area contributed by atoms with Crippen LogP contribution in [0.2, 0.25) is 0 Å². The summed E-state index contributed by atoms with van der Waals surface area (Å²) < 4.78 is 12.1. The van der Waals surface area contributed by atoms with Gasteiger partial charge in [-0.2, -0.15) is 4.98 Å². The van der Waals surface area contributed by atoms with Gasteiger partial charge < -0.3 is 19.8 Å². The smallest absolute Gasteiger partial charge is 0.300 e. The Bertz CT molecular complexity index is 1330. The predicted molar refractivity (Wildman–Crippen MR) is 135 cm³/mol. The van der Waals surface area contributed by atoms with E-state index in [1.807, 2.05) is 57.2 Å². The van der Waals surface area contributed by atoms with Gasteiger partial charge in [0.05, 0.1) is 5.69 Å². The van der Waals surface area contributed by atoms with Gasteiger partial charge in [0.2, 0.25) is 11.8 Å². The van der Waals surface area contributed by atoms with Gasteiger partial charge in [-0.3, -0.25) is 4.79 Å². The number of nitrogens with one attached hydrogen (secondary N) is 2. The maximum absolute atomic E-state index is 12.5. The molecule has 0 unspecified atom stereocenters.